The topological polar surface area (TPSA) is 52.0 Å². The molecule has 1 aromatic heterocycles. The lowest BCUT2D eigenvalue weighted by atomic mass is 10.3. The first-order valence-electron chi connectivity index (χ1n) is 4.52. The van der Waals surface area contributed by atoms with E-state index < -0.39 is 0 Å². The van der Waals surface area contributed by atoms with Crippen LogP contribution in [0.3, 0.4) is 0 Å². The van der Waals surface area contributed by atoms with E-state index in [0.29, 0.717) is 6.54 Å². The predicted molar refractivity (Wildman–Crippen MR) is 59.2 cm³/mol. The molecule has 4 heteroatoms. The van der Waals surface area contributed by atoms with Gasteiger partial charge in [-0.1, -0.05) is 12.1 Å². The minimum atomic E-state index is 0.699. The van der Waals surface area contributed by atoms with Crippen LogP contribution in [0, 0.1) is 0 Å². The highest BCUT2D eigenvalue weighted by Crippen LogP contribution is 2.18. The molecule has 1 heterocycles. The largest absolute Gasteiger partial charge is 0.440 e. The van der Waals surface area contributed by atoms with E-state index in [-0.39, 0.29) is 0 Å². The van der Waals surface area contributed by atoms with Crippen LogP contribution in [0.15, 0.2) is 28.7 Å². The van der Waals surface area contributed by atoms with E-state index >= 15 is 0 Å². The van der Waals surface area contributed by atoms with Crippen molar-refractivity contribution in [3.8, 4) is 0 Å². The first-order valence-corrected chi connectivity index (χ1v) is 5.68. The fourth-order valence-corrected chi connectivity index (χ4v) is 1.83. The van der Waals surface area contributed by atoms with E-state index in [0.717, 1.165) is 28.5 Å². The maximum atomic E-state index is 5.54. The molecule has 74 valence electrons. The molecule has 0 fully saturated rings. The Balaban J connectivity index is 2.11. The number of para-hydroxylation sites is 2. The van der Waals surface area contributed by atoms with E-state index in [2.05, 4.69) is 4.98 Å². The zero-order valence-corrected chi connectivity index (χ0v) is 8.59. The molecule has 0 bridgehead atoms. The highest BCUT2D eigenvalue weighted by Gasteiger charge is 2.03. The predicted octanol–water partition coefficient (Wildman–Crippen LogP) is 2.02. The van der Waals surface area contributed by atoms with Crippen LogP contribution < -0.4 is 5.73 Å². The Morgan fingerprint density at radius 1 is 1.36 bits per heavy atom. The van der Waals surface area contributed by atoms with Crippen molar-refractivity contribution in [2.45, 2.75) is 5.75 Å². The second-order valence-corrected chi connectivity index (χ2v) is 4.02. The number of oxazole rings is 1. The van der Waals surface area contributed by atoms with Gasteiger partial charge >= 0.3 is 0 Å². The van der Waals surface area contributed by atoms with Gasteiger partial charge in [0.15, 0.2) is 5.58 Å². The van der Waals surface area contributed by atoms with Crippen LogP contribution in [0.1, 0.15) is 5.89 Å². The van der Waals surface area contributed by atoms with Crippen molar-refractivity contribution in [3.63, 3.8) is 0 Å². The lowest BCUT2D eigenvalue weighted by Crippen LogP contribution is -2.01. The van der Waals surface area contributed by atoms with Crippen LogP contribution in [0.25, 0.3) is 11.1 Å². The Hall–Kier alpha value is -1.00. The number of benzene rings is 1. The number of nitrogens with zero attached hydrogens (tertiary/aromatic N) is 1. The van der Waals surface area contributed by atoms with Crippen LogP contribution in [0.4, 0.5) is 0 Å². The van der Waals surface area contributed by atoms with Crippen LogP contribution >= 0.6 is 11.8 Å². The molecule has 0 spiro atoms. The van der Waals surface area contributed by atoms with E-state index in [1.54, 1.807) is 11.8 Å². The minimum absolute atomic E-state index is 0.699. The van der Waals surface area contributed by atoms with Gasteiger partial charge in [0.2, 0.25) is 5.89 Å². The van der Waals surface area contributed by atoms with Crippen LogP contribution in [0.5, 0.6) is 0 Å². The summed E-state index contributed by atoms with van der Waals surface area (Å²) in [5.41, 5.74) is 7.18. The van der Waals surface area contributed by atoms with Gasteiger partial charge in [0.1, 0.15) is 5.52 Å². The van der Waals surface area contributed by atoms with Crippen molar-refractivity contribution in [2.75, 3.05) is 12.3 Å². The molecule has 0 aliphatic rings. The van der Waals surface area contributed by atoms with Gasteiger partial charge < -0.3 is 10.2 Å². The van der Waals surface area contributed by atoms with Gasteiger partial charge in [-0.2, -0.15) is 11.8 Å². The number of thioether (sulfide) groups is 1. The van der Waals surface area contributed by atoms with Crippen molar-refractivity contribution < 1.29 is 4.42 Å². The average molecular weight is 208 g/mol. The quantitative estimate of drug-likeness (QED) is 0.781. The standard InChI is InChI=1S/C10H12N2OS/c11-5-6-14-7-10-12-8-3-1-2-4-9(8)13-10/h1-4H,5-7,11H2. The van der Waals surface area contributed by atoms with E-state index in [1.807, 2.05) is 24.3 Å². The second kappa shape index (κ2) is 4.48. The summed E-state index contributed by atoms with van der Waals surface area (Å²) >= 11 is 1.74. The molecule has 0 radical (unpaired) electrons. The first kappa shape index (κ1) is 9.55. The van der Waals surface area contributed by atoms with Crippen molar-refractivity contribution >= 4 is 22.9 Å². The van der Waals surface area contributed by atoms with Gasteiger partial charge in [0.05, 0.1) is 5.75 Å². The van der Waals surface area contributed by atoms with Crippen molar-refractivity contribution in [3.05, 3.63) is 30.2 Å². The van der Waals surface area contributed by atoms with Gasteiger partial charge in [-0.3, -0.25) is 0 Å². The number of fused-ring (bicyclic) bond motifs is 1. The fraction of sp³-hybridized carbons (Fsp3) is 0.300. The molecule has 0 aliphatic carbocycles. The van der Waals surface area contributed by atoms with Gasteiger partial charge in [0, 0.05) is 12.3 Å². The maximum Gasteiger partial charge on any atom is 0.205 e. The zero-order chi connectivity index (χ0) is 9.80. The molecule has 2 N–H and O–H groups in total. The monoisotopic (exact) mass is 208 g/mol. The van der Waals surface area contributed by atoms with E-state index in [4.69, 9.17) is 10.2 Å². The number of hydrogen-bond acceptors (Lipinski definition) is 4. The van der Waals surface area contributed by atoms with Crippen LogP contribution in [-0.2, 0) is 5.75 Å². The zero-order valence-electron chi connectivity index (χ0n) is 7.77. The van der Waals surface area contributed by atoms with Crippen molar-refractivity contribution in [2.24, 2.45) is 5.73 Å². The van der Waals surface area contributed by atoms with Gasteiger partial charge in [-0.05, 0) is 12.1 Å². The summed E-state index contributed by atoms with van der Waals surface area (Å²) in [4.78, 5) is 4.36. The van der Waals surface area contributed by atoms with Crippen LogP contribution in [-0.4, -0.2) is 17.3 Å². The molecule has 14 heavy (non-hydrogen) atoms. The number of nitrogens with two attached hydrogens (primary N) is 1. The summed E-state index contributed by atoms with van der Waals surface area (Å²) in [6.07, 6.45) is 0. The molecule has 0 saturated heterocycles. The average Bonchev–Trinajstić information content (AvgIpc) is 2.60. The molecular weight excluding hydrogens is 196 g/mol. The van der Waals surface area contributed by atoms with E-state index in [9.17, 15) is 0 Å². The number of rotatable bonds is 4. The molecule has 0 saturated carbocycles. The maximum absolute atomic E-state index is 5.54. The molecule has 0 aliphatic heterocycles. The molecule has 1 aromatic carbocycles. The summed E-state index contributed by atoms with van der Waals surface area (Å²) in [6.45, 7) is 0.699. The second-order valence-electron chi connectivity index (χ2n) is 2.92. The Morgan fingerprint density at radius 2 is 2.21 bits per heavy atom. The van der Waals surface area contributed by atoms with Gasteiger partial charge in [-0.15, -0.1) is 0 Å². The first-order chi connectivity index (χ1) is 6.90. The lowest BCUT2D eigenvalue weighted by Gasteiger charge is -1.92. The normalized spacial score (nSPS) is 10.9. The highest BCUT2D eigenvalue weighted by molar-refractivity contribution is 7.98. The van der Waals surface area contributed by atoms with Crippen LogP contribution in [0.2, 0.25) is 0 Å². The summed E-state index contributed by atoms with van der Waals surface area (Å²) in [5.74, 6) is 2.52. The molecule has 2 rings (SSSR count). The van der Waals surface area contributed by atoms with E-state index in [1.165, 1.54) is 0 Å². The Labute approximate surface area is 86.7 Å². The molecule has 0 unspecified atom stereocenters. The third-order valence-electron chi connectivity index (χ3n) is 1.83. The molecular formula is C10H12N2OS. The van der Waals surface area contributed by atoms with Gasteiger partial charge in [0.25, 0.3) is 0 Å². The molecule has 0 atom stereocenters. The summed E-state index contributed by atoms with van der Waals surface area (Å²) in [5, 5.41) is 0. The Kier molecular flexibility index (Phi) is 3.06. The van der Waals surface area contributed by atoms with Crippen molar-refractivity contribution in [1.82, 2.24) is 4.98 Å². The Bertz CT molecular complexity index is 380. The SMILES string of the molecule is NCCSCc1nc2ccccc2o1. The minimum Gasteiger partial charge on any atom is -0.440 e. The summed E-state index contributed by atoms with van der Waals surface area (Å²) in [7, 11) is 0. The smallest absolute Gasteiger partial charge is 0.205 e. The number of aromatic nitrogens is 1. The molecule has 3 nitrogen and oxygen atoms in total. The third-order valence-corrected chi connectivity index (χ3v) is 2.80. The lowest BCUT2D eigenvalue weighted by molar-refractivity contribution is 0.556. The number of hydrogen-bond donors (Lipinski definition) is 1. The fourth-order valence-electron chi connectivity index (χ4n) is 1.22. The van der Waals surface area contributed by atoms with Crippen molar-refractivity contribution in [1.29, 1.82) is 0 Å². The third kappa shape index (κ3) is 2.08. The molecule has 2 aromatic rings. The Morgan fingerprint density at radius 3 is 3.00 bits per heavy atom. The summed E-state index contributed by atoms with van der Waals surface area (Å²) < 4.78 is 5.54. The van der Waals surface area contributed by atoms with Gasteiger partial charge in [-0.25, -0.2) is 4.98 Å². The summed E-state index contributed by atoms with van der Waals surface area (Å²) in [6, 6.07) is 7.79. The molecule has 0 amide bonds. The highest BCUT2D eigenvalue weighted by atomic mass is 32.2.